The Labute approximate surface area is 139 Å². The number of aliphatic hydroxyl groups is 1. The Morgan fingerprint density at radius 1 is 1.38 bits per heavy atom. The van der Waals surface area contributed by atoms with Crippen LogP contribution >= 0.6 is 0 Å². The third kappa shape index (κ3) is 3.96. The van der Waals surface area contributed by atoms with Crippen LogP contribution in [0.5, 0.6) is 0 Å². The van der Waals surface area contributed by atoms with Crippen molar-refractivity contribution in [3.8, 4) is 5.69 Å². The number of hydrogen-bond acceptors (Lipinski definition) is 5. The Balaban J connectivity index is 2.22. The molecule has 8 nitrogen and oxygen atoms in total. The lowest BCUT2D eigenvalue weighted by Crippen LogP contribution is -2.39. The number of aliphatic hydroxyl groups excluding tert-OH is 1. The minimum atomic E-state index is -0.493. The second-order valence-corrected chi connectivity index (χ2v) is 5.73. The molecular weight excluding hydrogens is 312 g/mol. The van der Waals surface area contributed by atoms with E-state index in [9.17, 15) is 14.9 Å². The second kappa shape index (κ2) is 7.69. The Morgan fingerprint density at radius 3 is 2.71 bits per heavy atom. The van der Waals surface area contributed by atoms with Crippen LogP contribution in [-0.2, 0) is 0 Å². The molecule has 0 saturated carbocycles. The number of hydrogen-bond donors (Lipinski definition) is 2. The summed E-state index contributed by atoms with van der Waals surface area (Å²) in [6.07, 6.45) is 1.96. The highest BCUT2D eigenvalue weighted by Gasteiger charge is 2.20. The summed E-state index contributed by atoms with van der Waals surface area (Å²) in [5, 5.41) is 27.1. The summed E-state index contributed by atoms with van der Waals surface area (Å²) in [5.74, 6) is -0.210. The van der Waals surface area contributed by atoms with Crippen molar-refractivity contribution < 1.29 is 14.8 Å². The van der Waals surface area contributed by atoms with Crippen LogP contribution in [0.4, 0.5) is 5.69 Å². The van der Waals surface area contributed by atoms with Crippen LogP contribution in [0.2, 0.25) is 0 Å². The molecular formula is C16H20N4O4. The molecule has 0 aliphatic rings. The molecule has 8 heteroatoms. The first-order chi connectivity index (χ1) is 11.4. The molecule has 1 unspecified atom stereocenters. The van der Waals surface area contributed by atoms with Crippen molar-refractivity contribution in [1.29, 1.82) is 0 Å². The molecule has 0 saturated heterocycles. The highest BCUT2D eigenvalue weighted by atomic mass is 16.6. The summed E-state index contributed by atoms with van der Waals surface area (Å²) >= 11 is 0. The minimum absolute atomic E-state index is 0.0201. The zero-order valence-electron chi connectivity index (χ0n) is 13.5. The molecule has 0 fully saturated rings. The van der Waals surface area contributed by atoms with Crippen LogP contribution in [0.25, 0.3) is 5.69 Å². The molecule has 0 aliphatic carbocycles. The summed E-state index contributed by atoms with van der Waals surface area (Å²) in [7, 11) is 0. The summed E-state index contributed by atoms with van der Waals surface area (Å²) in [4.78, 5) is 22.9. The predicted octanol–water partition coefficient (Wildman–Crippen LogP) is 1.92. The first-order valence-electron chi connectivity index (χ1n) is 7.65. The molecule has 1 aromatic heterocycles. The van der Waals surface area contributed by atoms with E-state index in [1.807, 2.05) is 13.8 Å². The number of carbonyl (C=O) groups excluding carboxylic acids is 1. The fourth-order valence-corrected chi connectivity index (χ4v) is 2.35. The van der Waals surface area contributed by atoms with Gasteiger partial charge in [-0.1, -0.05) is 26.0 Å². The van der Waals surface area contributed by atoms with Crippen molar-refractivity contribution in [2.24, 2.45) is 5.92 Å². The first kappa shape index (κ1) is 17.6. The van der Waals surface area contributed by atoms with Gasteiger partial charge in [0.25, 0.3) is 11.6 Å². The van der Waals surface area contributed by atoms with E-state index in [-0.39, 0.29) is 41.5 Å². The fourth-order valence-electron chi connectivity index (χ4n) is 2.35. The Bertz CT molecular complexity index is 726. The van der Waals surface area contributed by atoms with Gasteiger partial charge in [0, 0.05) is 24.9 Å². The van der Waals surface area contributed by atoms with Crippen molar-refractivity contribution in [1.82, 2.24) is 15.1 Å². The van der Waals surface area contributed by atoms with Crippen molar-refractivity contribution >= 4 is 11.6 Å². The molecule has 2 N–H and O–H groups in total. The van der Waals surface area contributed by atoms with Gasteiger partial charge in [-0.25, -0.2) is 4.68 Å². The second-order valence-electron chi connectivity index (χ2n) is 5.73. The zero-order chi connectivity index (χ0) is 17.7. The summed E-state index contributed by atoms with van der Waals surface area (Å²) in [6, 6.07) is 7.52. The lowest BCUT2D eigenvalue weighted by atomic mass is 10.0. The summed E-state index contributed by atoms with van der Waals surface area (Å²) in [5.41, 5.74) is 0.363. The van der Waals surface area contributed by atoms with E-state index in [0.29, 0.717) is 6.42 Å². The van der Waals surface area contributed by atoms with Crippen molar-refractivity contribution in [3.05, 3.63) is 52.3 Å². The van der Waals surface area contributed by atoms with E-state index < -0.39 is 4.92 Å². The number of nitrogens with zero attached hydrogens (tertiary/aromatic N) is 3. The van der Waals surface area contributed by atoms with Crippen molar-refractivity contribution in [2.75, 3.05) is 6.61 Å². The highest BCUT2D eigenvalue weighted by molar-refractivity contribution is 5.92. The number of benzene rings is 1. The molecule has 0 bridgehead atoms. The smallest absolute Gasteiger partial charge is 0.294 e. The number of nitro benzene ring substituents is 1. The van der Waals surface area contributed by atoms with Gasteiger partial charge >= 0.3 is 0 Å². The largest absolute Gasteiger partial charge is 0.396 e. The van der Waals surface area contributed by atoms with Gasteiger partial charge in [-0.2, -0.15) is 5.10 Å². The third-order valence-electron chi connectivity index (χ3n) is 3.71. The Kier molecular flexibility index (Phi) is 5.64. The molecule has 1 atom stereocenters. The van der Waals surface area contributed by atoms with E-state index in [1.165, 1.54) is 23.0 Å². The van der Waals surface area contributed by atoms with Crippen molar-refractivity contribution in [2.45, 2.75) is 26.3 Å². The van der Waals surface area contributed by atoms with Gasteiger partial charge in [-0.05, 0) is 24.5 Å². The monoisotopic (exact) mass is 332 g/mol. The number of nitrogens with one attached hydrogen (secondary N) is 1. The SMILES string of the molecule is CC(C)C(CCO)NC(=O)c1ccn(-c2ccccc2[N+](=O)[O-])n1. The zero-order valence-corrected chi connectivity index (χ0v) is 13.5. The van der Waals surface area contributed by atoms with Crippen LogP contribution in [-0.4, -0.2) is 38.4 Å². The normalized spacial score (nSPS) is 12.2. The molecule has 1 aromatic carbocycles. The summed E-state index contributed by atoms with van der Waals surface area (Å²) < 4.78 is 1.31. The van der Waals surface area contributed by atoms with E-state index in [0.717, 1.165) is 0 Å². The molecule has 1 amide bonds. The number of nitro groups is 1. The quantitative estimate of drug-likeness (QED) is 0.594. The maximum absolute atomic E-state index is 12.3. The molecule has 0 spiro atoms. The summed E-state index contributed by atoms with van der Waals surface area (Å²) in [6.45, 7) is 3.88. The maximum atomic E-state index is 12.3. The highest BCUT2D eigenvalue weighted by Crippen LogP contribution is 2.21. The number of para-hydroxylation sites is 2. The van der Waals surface area contributed by atoms with Crippen LogP contribution in [0.3, 0.4) is 0 Å². The molecule has 2 aromatic rings. The number of aromatic nitrogens is 2. The molecule has 24 heavy (non-hydrogen) atoms. The van der Waals surface area contributed by atoms with E-state index in [1.54, 1.807) is 18.2 Å². The molecule has 1 heterocycles. The molecule has 0 radical (unpaired) electrons. The average Bonchev–Trinajstić information content (AvgIpc) is 3.04. The van der Waals surface area contributed by atoms with Crippen LogP contribution in [0, 0.1) is 16.0 Å². The molecule has 128 valence electrons. The van der Waals surface area contributed by atoms with Gasteiger partial charge in [0.1, 0.15) is 5.69 Å². The van der Waals surface area contributed by atoms with Crippen molar-refractivity contribution in [3.63, 3.8) is 0 Å². The van der Waals surface area contributed by atoms with E-state index in [2.05, 4.69) is 10.4 Å². The third-order valence-corrected chi connectivity index (χ3v) is 3.71. The number of amides is 1. The standard InChI is InChI=1S/C16H20N4O4/c1-11(2)12(8-10-21)17-16(22)13-7-9-19(18-13)14-5-3-4-6-15(14)20(23)24/h3-7,9,11-12,21H,8,10H2,1-2H3,(H,17,22). The number of rotatable bonds is 7. The topological polar surface area (TPSA) is 110 Å². The molecule has 0 aliphatic heterocycles. The minimum Gasteiger partial charge on any atom is -0.396 e. The van der Waals surface area contributed by atoms with Crippen LogP contribution < -0.4 is 5.32 Å². The molecule has 2 rings (SSSR count). The van der Waals surface area contributed by atoms with Gasteiger partial charge in [-0.15, -0.1) is 0 Å². The maximum Gasteiger partial charge on any atom is 0.294 e. The average molecular weight is 332 g/mol. The van der Waals surface area contributed by atoms with Crippen LogP contribution in [0.15, 0.2) is 36.5 Å². The van der Waals surface area contributed by atoms with Gasteiger partial charge in [0.15, 0.2) is 5.69 Å². The fraction of sp³-hybridized carbons (Fsp3) is 0.375. The number of carbonyl (C=O) groups is 1. The van der Waals surface area contributed by atoms with Gasteiger partial charge in [-0.3, -0.25) is 14.9 Å². The van der Waals surface area contributed by atoms with Crippen LogP contribution in [0.1, 0.15) is 30.8 Å². The lowest BCUT2D eigenvalue weighted by molar-refractivity contribution is -0.384. The van der Waals surface area contributed by atoms with Gasteiger partial charge in [0.05, 0.1) is 4.92 Å². The Morgan fingerprint density at radius 2 is 2.08 bits per heavy atom. The van der Waals surface area contributed by atoms with E-state index >= 15 is 0 Å². The lowest BCUT2D eigenvalue weighted by Gasteiger charge is -2.20. The Hall–Kier alpha value is -2.74. The van der Waals surface area contributed by atoms with Gasteiger partial charge in [0.2, 0.25) is 0 Å². The predicted molar refractivity (Wildman–Crippen MR) is 88.0 cm³/mol. The first-order valence-corrected chi connectivity index (χ1v) is 7.65. The van der Waals surface area contributed by atoms with E-state index in [4.69, 9.17) is 5.11 Å². The van der Waals surface area contributed by atoms with Gasteiger partial charge < -0.3 is 10.4 Å².